The van der Waals surface area contributed by atoms with Gasteiger partial charge < -0.3 is 0 Å². The van der Waals surface area contributed by atoms with Crippen LogP contribution in [0.15, 0.2) is 42.6 Å². The number of aryl methyl sites for hydroxylation is 2. The summed E-state index contributed by atoms with van der Waals surface area (Å²) in [6, 6.07) is 12.4. The van der Waals surface area contributed by atoms with E-state index in [4.69, 9.17) is 0 Å². The first-order valence-electron chi connectivity index (χ1n) is 9.44. The average Bonchev–Trinajstić information content (AvgIpc) is 2.63. The lowest BCUT2D eigenvalue weighted by Gasteiger charge is -2.28. The van der Waals surface area contributed by atoms with Crippen LogP contribution < -0.4 is 0 Å². The van der Waals surface area contributed by atoms with E-state index in [1.807, 2.05) is 6.07 Å². The number of rotatable bonds is 6. The minimum Gasteiger partial charge on any atom is -0.228 e. The lowest BCUT2D eigenvalue weighted by atomic mass is 9.77. The van der Waals surface area contributed by atoms with Crippen LogP contribution >= 0.6 is 0 Å². The maximum atomic E-state index is 12.8. The van der Waals surface area contributed by atoms with Gasteiger partial charge in [0.2, 0.25) is 5.95 Å². The van der Waals surface area contributed by atoms with E-state index in [0.29, 0.717) is 0 Å². The second-order valence-corrected chi connectivity index (χ2v) is 7.24. The molecule has 0 aliphatic heterocycles. The molecule has 1 heterocycles. The quantitative estimate of drug-likeness (QED) is 0.586. The van der Waals surface area contributed by atoms with E-state index in [0.717, 1.165) is 30.2 Å². The Hall–Kier alpha value is -1.70. The van der Waals surface area contributed by atoms with Gasteiger partial charge in [-0.15, -0.1) is 0 Å². The van der Waals surface area contributed by atoms with Crippen LogP contribution in [0.3, 0.4) is 0 Å². The molecule has 24 heavy (non-hydrogen) atoms. The second kappa shape index (κ2) is 8.41. The van der Waals surface area contributed by atoms with Crippen LogP contribution in [-0.2, 0) is 12.8 Å². The summed E-state index contributed by atoms with van der Waals surface area (Å²) in [5, 5.41) is 0. The monoisotopic (exact) mass is 325 g/mol. The topological polar surface area (TPSA) is 12.9 Å². The Morgan fingerprint density at radius 1 is 0.917 bits per heavy atom. The lowest BCUT2D eigenvalue weighted by Crippen LogP contribution is -2.13. The van der Waals surface area contributed by atoms with Gasteiger partial charge in [-0.2, -0.15) is 4.39 Å². The Morgan fingerprint density at radius 2 is 1.58 bits per heavy atom. The molecular weight excluding hydrogens is 297 g/mol. The van der Waals surface area contributed by atoms with Crippen LogP contribution in [0.25, 0.3) is 0 Å². The second-order valence-electron chi connectivity index (χ2n) is 7.24. The third-order valence-electron chi connectivity index (χ3n) is 5.49. The Bertz CT molecular complexity index is 609. The van der Waals surface area contributed by atoms with E-state index in [1.165, 1.54) is 55.7 Å². The van der Waals surface area contributed by atoms with Gasteiger partial charge in [-0.25, -0.2) is 4.98 Å². The molecule has 0 amide bonds. The first kappa shape index (κ1) is 17.1. The van der Waals surface area contributed by atoms with Crippen molar-refractivity contribution in [2.24, 2.45) is 5.92 Å². The molecule has 0 atom stereocenters. The molecule has 2 aromatic rings. The van der Waals surface area contributed by atoms with E-state index >= 15 is 0 Å². The van der Waals surface area contributed by atoms with Crippen LogP contribution in [-0.4, -0.2) is 4.98 Å². The first-order valence-corrected chi connectivity index (χ1v) is 9.44. The van der Waals surface area contributed by atoms with Crippen molar-refractivity contribution in [3.8, 4) is 0 Å². The molecule has 0 saturated heterocycles. The van der Waals surface area contributed by atoms with Crippen LogP contribution in [0.4, 0.5) is 4.39 Å². The molecule has 3 rings (SSSR count). The van der Waals surface area contributed by atoms with Crippen molar-refractivity contribution >= 4 is 0 Å². The summed E-state index contributed by atoms with van der Waals surface area (Å²) >= 11 is 0. The maximum Gasteiger partial charge on any atom is 0.212 e. The van der Waals surface area contributed by atoms with Crippen molar-refractivity contribution in [1.29, 1.82) is 0 Å². The van der Waals surface area contributed by atoms with E-state index in [1.54, 1.807) is 6.20 Å². The van der Waals surface area contributed by atoms with Crippen molar-refractivity contribution in [3.63, 3.8) is 0 Å². The van der Waals surface area contributed by atoms with Crippen molar-refractivity contribution in [1.82, 2.24) is 4.98 Å². The molecule has 0 bridgehead atoms. The fourth-order valence-corrected chi connectivity index (χ4v) is 3.99. The first-order chi connectivity index (χ1) is 11.7. The highest BCUT2D eigenvalue weighted by molar-refractivity contribution is 5.26. The van der Waals surface area contributed by atoms with Crippen LogP contribution in [0.1, 0.15) is 68.1 Å². The number of benzene rings is 1. The summed E-state index contributed by atoms with van der Waals surface area (Å²) in [7, 11) is 0. The van der Waals surface area contributed by atoms with Gasteiger partial charge in [0.05, 0.1) is 0 Å². The fraction of sp³-hybridized carbons (Fsp3) is 0.500. The zero-order chi connectivity index (χ0) is 16.8. The Kier molecular flexibility index (Phi) is 6.01. The van der Waals surface area contributed by atoms with Gasteiger partial charge in [0.25, 0.3) is 0 Å². The molecule has 1 fully saturated rings. The van der Waals surface area contributed by atoms with Gasteiger partial charge in [0, 0.05) is 6.20 Å². The molecule has 0 spiro atoms. The van der Waals surface area contributed by atoms with Crippen molar-refractivity contribution < 1.29 is 4.39 Å². The molecule has 0 radical (unpaired) electrons. The van der Waals surface area contributed by atoms with Crippen molar-refractivity contribution in [2.45, 2.75) is 64.2 Å². The molecule has 128 valence electrons. The molecule has 0 N–H and O–H groups in total. The SMILES string of the molecule is CCC[C@H]1CC[C@H](c2ccc(CCc3ccc(F)nc3)cc2)CC1. The van der Waals surface area contributed by atoms with Crippen molar-refractivity contribution in [3.05, 3.63) is 65.2 Å². The maximum absolute atomic E-state index is 12.8. The van der Waals surface area contributed by atoms with Crippen LogP contribution in [0.2, 0.25) is 0 Å². The minimum atomic E-state index is -0.406. The highest BCUT2D eigenvalue weighted by atomic mass is 19.1. The van der Waals surface area contributed by atoms with E-state index in [-0.39, 0.29) is 0 Å². The Morgan fingerprint density at radius 3 is 2.21 bits per heavy atom. The summed E-state index contributed by atoms with van der Waals surface area (Å²) in [6.07, 6.45) is 11.8. The number of pyridine rings is 1. The highest BCUT2D eigenvalue weighted by Crippen LogP contribution is 2.37. The predicted molar refractivity (Wildman–Crippen MR) is 97.7 cm³/mol. The standard InChI is InChI=1S/C22H28FN/c1-2-3-17-6-11-20(12-7-17)21-13-8-18(9-14-21)4-5-19-10-15-22(23)24-16-19/h8-10,13-17,20H,2-7,11-12H2,1H3/t17-,20-. The normalized spacial score (nSPS) is 20.9. The smallest absolute Gasteiger partial charge is 0.212 e. The van der Waals surface area contributed by atoms with Gasteiger partial charge in [-0.1, -0.05) is 50.1 Å². The molecule has 0 unspecified atom stereocenters. The zero-order valence-corrected chi connectivity index (χ0v) is 14.7. The van der Waals surface area contributed by atoms with E-state index in [9.17, 15) is 4.39 Å². The zero-order valence-electron chi connectivity index (χ0n) is 14.7. The molecule has 1 nitrogen and oxygen atoms in total. The number of nitrogens with zero attached hydrogens (tertiary/aromatic N) is 1. The summed E-state index contributed by atoms with van der Waals surface area (Å²) in [5.41, 5.74) is 3.95. The van der Waals surface area contributed by atoms with Gasteiger partial charge in [0.1, 0.15) is 0 Å². The lowest BCUT2D eigenvalue weighted by molar-refractivity contribution is 0.308. The highest BCUT2D eigenvalue weighted by Gasteiger charge is 2.21. The predicted octanol–water partition coefficient (Wildman–Crippen LogP) is 6.08. The summed E-state index contributed by atoms with van der Waals surface area (Å²) < 4.78 is 12.8. The fourth-order valence-electron chi connectivity index (χ4n) is 3.99. The van der Waals surface area contributed by atoms with E-state index < -0.39 is 5.95 Å². The Balaban J connectivity index is 1.51. The number of halogens is 1. The molecule has 1 aliphatic carbocycles. The summed E-state index contributed by atoms with van der Waals surface area (Å²) in [5.74, 6) is 1.32. The van der Waals surface area contributed by atoms with Gasteiger partial charge >= 0.3 is 0 Å². The molecule has 1 saturated carbocycles. The van der Waals surface area contributed by atoms with Gasteiger partial charge in [-0.05, 0) is 73.1 Å². The molecule has 1 aromatic heterocycles. The van der Waals surface area contributed by atoms with Crippen LogP contribution in [0.5, 0.6) is 0 Å². The number of hydrogen-bond acceptors (Lipinski definition) is 1. The van der Waals surface area contributed by atoms with Crippen molar-refractivity contribution in [2.75, 3.05) is 0 Å². The van der Waals surface area contributed by atoms with E-state index in [2.05, 4.69) is 36.2 Å². The van der Waals surface area contributed by atoms with Crippen LogP contribution in [0, 0.1) is 11.9 Å². The number of aromatic nitrogens is 1. The third kappa shape index (κ3) is 4.66. The molecular formula is C22H28FN. The largest absolute Gasteiger partial charge is 0.228 e. The Labute approximate surface area is 145 Å². The molecule has 2 heteroatoms. The van der Waals surface area contributed by atoms with Gasteiger partial charge in [-0.3, -0.25) is 0 Å². The third-order valence-corrected chi connectivity index (χ3v) is 5.49. The summed E-state index contributed by atoms with van der Waals surface area (Å²) in [4.78, 5) is 3.72. The molecule has 1 aromatic carbocycles. The minimum absolute atomic E-state index is 0.406. The summed E-state index contributed by atoms with van der Waals surface area (Å²) in [6.45, 7) is 2.30. The van der Waals surface area contributed by atoms with Gasteiger partial charge in [0.15, 0.2) is 0 Å². The molecule has 1 aliphatic rings. The average molecular weight is 325 g/mol. The number of hydrogen-bond donors (Lipinski definition) is 0.